The van der Waals surface area contributed by atoms with E-state index in [4.69, 9.17) is 9.47 Å². The van der Waals surface area contributed by atoms with E-state index in [1.807, 2.05) is 6.92 Å². The maximum atomic E-state index is 11.6. The number of methoxy groups -OCH3 is 2. The van der Waals surface area contributed by atoms with E-state index in [9.17, 15) is 4.79 Å². The zero-order chi connectivity index (χ0) is 12.6. The average Bonchev–Trinajstić information content (AvgIpc) is 2.32. The molecule has 0 rings (SSSR count). The van der Waals surface area contributed by atoms with Gasteiger partial charge in [-0.1, -0.05) is 6.92 Å². The predicted octanol–water partition coefficient (Wildman–Crippen LogP) is 0.106. The van der Waals surface area contributed by atoms with Crippen LogP contribution in [-0.2, 0) is 14.3 Å². The van der Waals surface area contributed by atoms with E-state index in [2.05, 4.69) is 17.1 Å². The highest BCUT2D eigenvalue weighted by molar-refractivity contribution is 5.80. The summed E-state index contributed by atoms with van der Waals surface area (Å²) in [5, 5.41) is 3.01. The summed E-state index contributed by atoms with van der Waals surface area (Å²) < 4.78 is 9.83. The van der Waals surface area contributed by atoms with Crippen molar-refractivity contribution in [1.82, 2.24) is 10.2 Å². The molecule has 0 saturated carbocycles. The summed E-state index contributed by atoms with van der Waals surface area (Å²) in [6, 6.07) is 0. The van der Waals surface area contributed by atoms with Crippen LogP contribution < -0.4 is 5.32 Å². The van der Waals surface area contributed by atoms with Crippen LogP contribution in [0.2, 0.25) is 0 Å². The highest BCUT2D eigenvalue weighted by Crippen LogP contribution is 2.08. The van der Waals surface area contributed by atoms with Gasteiger partial charge in [0.2, 0.25) is 0 Å². The molecule has 0 heterocycles. The summed E-state index contributed by atoms with van der Waals surface area (Å²) in [4.78, 5) is 13.8. The van der Waals surface area contributed by atoms with E-state index in [0.717, 1.165) is 13.1 Å². The molecule has 0 aromatic heterocycles. The first-order valence-corrected chi connectivity index (χ1v) is 5.52. The van der Waals surface area contributed by atoms with Crippen molar-refractivity contribution in [2.45, 2.75) is 19.4 Å². The van der Waals surface area contributed by atoms with Gasteiger partial charge in [0.1, 0.15) is 5.54 Å². The number of likely N-dealkylation sites (N-methyl/N-ethyl adjacent to an activating group) is 2. The van der Waals surface area contributed by atoms with E-state index in [1.165, 1.54) is 7.11 Å². The summed E-state index contributed by atoms with van der Waals surface area (Å²) in [7, 11) is 4.84. The van der Waals surface area contributed by atoms with Gasteiger partial charge < -0.3 is 14.8 Å². The van der Waals surface area contributed by atoms with Crippen molar-refractivity contribution in [1.29, 1.82) is 0 Å². The molecule has 1 N–H and O–H groups in total. The standard InChI is InChI=1S/C11H24N2O3/c1-6-13(7-8-15-4)9-11(2,12-3)10(14)16-5/h12H,6-9H2,1-5H3. The Balaban J connectivity index is 4.41. The predicted molar refractivity (Wildman–Crippen MR) is 63.5 cm³/mol. The minimum absolute atomic E-state index is 0.245. The van der Waals surface area contributed by atoms with Crippen LogP contribution in [0.5, 0.6) is 0 Å². The molecule has 5 heteroatoms. The van der Waals surface area contributed by atoms with Crippen LogP contribution in [0.1, 0.15) is 13.8 Å². The number of carbonyl (C=O) groups is 1. The van der Waals surface area contributed by atoms with E-state index >= 15 is 0 Å². The Kier molecular flexibility index (Phi) is 7.29. The third-order valence-electron chi connectivity index (χ3n) is 2.79. The van der Waals surface area contributed by atoms with Crippen LogP contribution >= 0.6 is 0 Å². The molecule has 96 valence electrons. The third kappa shape index (κ3) is 4.47. The van der Waals surface area contributed by atoms with E-state index in [0.29, 0.717) is 13.2 Å². The Morgan fingerprint density at radius 3 is 2.44 bits per heavy atom. The number of rotatable bonds is 8. The van der Waals surface area contributed by atoms with E-state index < -0.39 is 5.54 Å². The van der Waals surface area contributed by atoms with Crippen molar-refractivity contribution in [3.63, 3.8) is 0 Å². The minimum Gasteiger partial charge on any atom is -0.468 e. The number of hydrogen-bond acceptors (Lipinski definition) is 5. The molecule has 16 heavy (non-hydrogen) atoms. The van der Waals surface area contributed by atoms with Crippen LogP contribution in [0.15, 0.2) is 0 Å². The smallest absolute Gasteiger partial charge is 0.327 e. The monoisotopic (exact) mass is 232 g/mol. The highest BCUT2D eigenvalue weighted by Gasteiger charge is 2.34. The number of hydrogen-bond donors (Lipinski definition) is 1. The molecule has 0 amide bonds. The Hall–Kier alpha value is -0.650. The largest absolute Gasteiger partial charge is 0.468 e. The first-order valence-electron chi connectivity index (χ1n) is 5.52. The lowest BCUT2D eigenvalue weighted by atomic mass is 10.0. The topological polar surface area (TPSA) is 50.8 Å². The van der Waals surface area contributed by atoms with Crippen LogP contribution in [0.3, 0.4) is 0 Å². The molecule has 1 atom stereocenters. The molecule has 0 radical (unpaired) electrons. The van der Waals surface area contributed by atoms with Gasteiger partial charge in [0.05, 0.1) is 13.7 Å². The van der Waals surface area contributed by atoms with Crippen LogP contribution in [0.25, 0.3) is 0 Å². The second kappa shape index (κ2) is 7.60. The fraction of sp³-hybridized carbons (Fsp3) is 0.909. The third-order valence-corrected chi connectivity index (χ3v) is 2.79. The molecule has 5 nitrogen and oxygen atoms in total. The molecule has 0 aliphatic carbocycles. The van der Waals surface area contributed by atoms with E-state index in [-0.39, 0.29) is 5.97 Å². The molecular weight excluding hydrogens is 208 g/mol. The van der Waals surface area contributed by atoms with Gasteiger partial charge in [-0.05, 0) is 20.5 Å². The second-order valence-electron chi connectivity index (χ2n) is 3.94. The lowest BCUT2D eigenvalue weighted by molar-refractivity contribution is -0.148. The molecule has 0 fully saturated rings. The maximum absolute atomic E-state index is 11.6. The van der Waals surface area contributed by atoms with Crippen molar-refractivity contribution in [3.8, 4) is 0 Å². The van der Waals surface area contributed by atoms with Crippen LogP contribution in [0.4, 0.5) is 0 Å². The normalized spacial score (nSPS) is 14.9. The summed E-state index contributed by atoms with van der Waals surface area (Å²) in [5.74, 6) is -0.245. The summed E-state index contributed by atoms with van der Waals surface area (Å²) in [5.41, 5.74) is -0.668. The Morgan fingerprint density at radius 2 is 2.06 bits per heavy atom. The first kappa shape index (κ1) is 15.3. The average molecular weight is 232 g/mol. The molecule has 0 bridgehead atoms. The number of esters is 1. The quantitative estimate of drug-likeness (QED) is 0.602. The van der Waals surface area contributed by atoms with Gasteiger partial charge in [0, 0.05) is 20.2 Å². The molecule has 0 aromatic rings. The molecule has 0 saturated heterocycles. The summed E-state index contributed by atoms with van der Waals surface area (Å²) in [6.45, 7) is 6.85. The fourth-order valence-corrected chi connectivity index (χ4v) is 1.49. The molecule has 0 aromatic carbocycles. The minimum atomic E-state index is -0.668. The van der Waals surface area contributed by atoms with Crippen molar-refractivity contribution >= 4 is 5.97 Å². The second-order valence-corrected chi connectivity index (χ2v) is 3.94. The van der Waals surface area contributed by atoms with Gasteiger partial charge in [-0.15, -0.1) is 0 Å². The lowest BCUT2D eigenvalue weighted by Crippen LogP contribution is -2.56. The molecule has 0 aliphatic heterocycles. The Morgan fingerprint density at radius 1 is 1.44 bits per heavy atom. The number of ether oxygens (including phenoxy) is 2. The molecule has 1 unspecified atom stereocenters. The summed E-state index contributed by atoms with van der Waals surface area (Å²) >= 11 is 0. The van der Waals surface area contributed by atoms with E-state index in [1.54, 1.807) is 14.2 Å². The molecular formula is C11H24N2O3. The molecule has 0 spiro atoms. The number of nitrogens with one attached hydrogen (secondary N) is 1. The van der Waals surface area contributed by atoms with Gasteiger partial charge in [0.15, 0.2) is 0 Å². The Labute approximate surface area is 98.1 Å². The van der Waals surface area contributed by atoms with Crippen LogP contribution in [0, 0.1) is 0 Å². The number of carbonyl (C=O) groups excluding carboxylic acids is 1. The zero-order valence-electron chi connectivity index (χ0n) is 11.0. The Bertz CT molecular complexity index is 211. The zero-order valence-corrected chi connectivity index (χ0v) is 11.0. The maximum Gasteiger partial charge on any atom is 0.327 e. The summed E-state index contributed by atoms with van der Waals surface area (Å²) in [6.07, 6.45) is 0. The van der Waals surface area contributed by atoms with Gasteiger partial charge in [-0.3, -0.25) is 9.69 Å². The van der Waals surface area contributed by atoms with Gasteiger partial charge in [-0.2, -0.15) is 0 Å². The molecule has 0 aliphatic rings. The first-order chi connectivity index (χ1) is 7.53. The van der Waals surface area contributed by atoms with Gasteiger partial charge in [-0.25, -0.2) is 0 Å². The van der Waals surface area contributed by atoms with Crippen molar-refractivity contribution in [2.75, 3.05) is 47.5 Å². The van der Waals surface area contributed by atoms with Crippen LogP contribution in [-0.4, -0.2) is 63.9 Å². The fourth-order valence-electron chi connectivity index (χ4n) is 1.49. The highest BCUT2D eigenvalue weighted by atomic mass is 16.5. The van der Waals surface area contributed by atoms with Crippen molar-refractivity contribution < 1.29 is 14.3 Å². The van der Waals surface area contributed by atoms with Crippen molar-refractivity contribution in [3.05, 3.63) is 0 Å². The SMILES string of the molecule is CCN(CCOC)CC(C)(NC)C(=O)OC. The van der Waals surface area contributed by atoms with Gasteiger partial charge >= 0.3 is 5.97 Å². The van der Waals surface area contributed by atoms with Gasteiger partial charge in [0.25, 0.3) is 0 Å². The lowest BCUT2D eigenvalue weighted by Gasteiger charge is -2.32. The number of nitrogens with zero attached hydrogens (tertiary/aromatic N) is 1. The van der Waals surface area contributed by atoms with Crippen molar-refractivity contribution in [2.24, 2.45) is 0 Å².